The fourth-order valence-corrected chi connectivity index (χ4v) is 4.64. The lowest BCUT2D eigenvalue weighted by molar-refractivity contribution is 0.112. The van der Waals surface area contributed by atoms with Crippen molar-refractivity contribution in [1.82, 2.24) is 10.2 Å². The number of hydrogen-bond acceptors (Lipinski definition) is 5. The number of nitrogens with two attached hydrogens (primary N) is 1. The summed E-state index contributed by atoms with van der Waals surface area (Å²) < 4.78 is 33.2. The molecule has 9 heteroatoms. The van der Waals surface area contributed by atoms with Gasteiger partial charge >= 0.3 is 6.03 Å². The minimum atomic E-state index is -3.59. The number of piperidine rings is 1. The molecule has 28 heavy (non-hydrogen) atoms. The Morgan fingerprint density at radius 1 is 1.36 bits per heavy atom. The minimum absolute atomic E-state index is 0.0529. The van der Waals surface area contributed by atoms with E-state index in [0.717, 1.165) is 19.3 Å². The van der Waals surface area contributed by atoms with Crippen LogP contribution in [0.5, 0.6) is 5.75 Å². The summed E-state index contributed by atoms with van der Waals surface area (Å²) in [5.74, 6) is 0.252. The lowest BCUT2D eigenvalue weighted by Crippen LogP contribution is -2.54. The van der Waals surface area contributed by atoms with E-state index < -0.39 is 10.0 Å². The fourth-order valence-electron chi connectivity index (χ4n) is 3.55. The van der Waals surface area contributed by atoms with Crippen LogP contribution in [-0.2, 0) is 15.8 Å². The summed E-state index contributed by atoms with van der Waals surface area (Å²) in [6.45, 7) is 6.85. The van der Waals surface area contributed by atoms with Crippen LogP contribution in [0.2, 0.25) is 0 Å². The quantitative estimate of drug-likeness (QED) is 0.794. The molecule has 2 heterocycles. The van der Waals surface area contributed by atoms with E-state index in [2.05, 4.69) is 9.71 Å². The van der Waals surface area contributed by atoms with E-state index in [1.165, 1.54) is 0 Å². The molecule has 8 nitrogen and oxygen atoms in total. The van der Waals surface area contributed by atoms with Gasteiger partial charge in [-0.15, -0.1) is 4.40 Å². The lowest BCUT2D eigenvalue weighted by atomic mass is 10.0. The summed E-state index contributed by atoms with van der Waals surface area (Å²) in [4.78, 5) is 14.5. The van der Waals surface area contributed by atoms with Crippen LogP contribution >= 0.6 is 0 Å². The van der Waals surface area contributed by atoms with E-state index in [1.807, 2.05) is 25.7 Å². The molecule has 2 aliphatic heterocycles. The monoisotopic (exact) mass is 408 g/mol. The van der Waals surface area contributed by atoms with Gasteiger partial charge in [-0.25, -0.2) is 13.2 Å². The van der Waals surface area contributed by atoms with E-state index in [4.69, 9.17) is 10.5 Å². The predicted molar refractivity (Wildman–Crippen MR) is 108 cm³/mol. The van der Waals surface area contributed by atoms with E-state index in [-0.39, 0.29) is 29.2 Å². The molecule has 154 valence electrons. The van der Waals surface area contributed by atoms with Crippen LogP contribution in [0, 0.1) is 0 Å². The van der Waals surface area contributed by atoms with Gasteiger partial charge in [0.15, 0.2) is 0 Å². The number of benzene rings is 1. The molecule has 3 N–H and O–H groups in total. The molecule has 1 aromatic rings. The number of carbonyl (C=O) groups is 1. The first-order chi connectivity index (χ1) is 13.1. The number of nitrogens with one attached hydrogen (secondary N) is 1. The highest BCUT2D eigenvalue weighted by Gasteiger charge is 2.30. The number of urea groups is 1. The number of amidine groups is 1. The van der Waals surface area contributed by atoms with Gasteiger partial charge in [-0.3, -0.25) is 0 Å². The molecular formula is C19H28N4O4S. The Hall–Kier alpha value is -2.29. The average Bonchev–Trinajstić information content (AvgIpc) is 2.57. The number of nitrogens with zero attached hydrogens (tertiary/aromatic N) is 2. The summed E-state index contributed by atoms with van der Waals surface area (Å²) >= 11 is 0. The maximum atomic E-state index is 12.6. The molecule has 0 spiro atoms. The molecule has 1 atom stereocenters. The van der Waals surface area contributed by atoms with Crippen LogP contribution in [0.1, 0.15) is 51.2 Å². The van der Waals surface area contributed by atoms with Crippen molar-refractivity contribution in [3.05, 3.63) is 29.3 Å². The summed E-state index contributed by atoms with van der Waals surface area (Å²) in [5.41, 5.74) is 6.69. The molecule has 2 aliphatic rings. The number of sulfonamides is 1. The van der Waals surface area contributed by atoms with Crippen LogP contribution in [-0.4, -0.2) is 49.9 Å². The number of likely N-dealkylation sites (tertiary alicyclic amines) is 1. The van der Waals surface area contributed by atoms with Gasteiger partial charge in [-0.05, 0) is 51.7 Å². The third kappa shape index (κ3) is 4.76. The molecule has 0 aromatic heterocycles. The summed E-state index contributed by atoms with van der Waals surface area (Å²) in [6.07, 6.45) is 2.85. The second kappa shape index (κ2) is 7.62. The average molecular weight is 409 g/mol. The zero-order valence-electron chi connectivity index (χ0n) is 16.6. The smallest absolute Gasteiger partial charge is 0.318 e. The number of hydrogen-bond donors (Lipinski definition) is 2. The van der Waals surface area contributed by atoms with Crippen molar-refractivity contribution in [1.29, 1.82) is 0 Å². The van der Waals surface area contributed by atoms with Crippen molar-refractivity contribution in [3.63, 3.8) is 0 Å². The number of ether oxygens (including phenoxy) is 1. The van der Waals surface area contributed by atoms with E-state index in [1.54, 1.807) is 18.2 Å². The molecule has 1 unspecified atom stereocenters. The fraction of sp³-hybridized carbons (Fsp3) is 0.579. The van der Waals surface area contributed by atoms with Crippen molar-refractivity contribution >= 4 is 21.9 Å². The van der Waals surface area contributed by atoms with Crippen LogP contribution in [0.3, 0.4) is 0 Å². The largest absolute Gasteiger partial charge is 0.491 e. The van der Waals surface area contributed by atoms with Gasteiger partial charge in [0.1, 0.15) is 18.2 Å². The Kier molecular flexibility index (Phi) is 5.56. The van der Waals surface area contributed by atoms with Crippen LogP contribution in [0.15, 0.2) is 22.6 Å². The maximum absolute atomic E-state index is 12.6. The second-order valence-corrected chi connectivity index (χ2v) is 9.96. The molecule has 0 saturated carbocycles. The summed E-state index contributed by atoms with van der Waals surface area (Å²) in [6, 6.07) is 5.06. The molecule has 1 fully saturated rings. The normalized spacial score (nSPS) is 21.5. The van der Waals surface area contributed by atoms with Crippen LogP contribution < -0.4 is 15.8 Å². The summed E-state index contributed by atoms with van der Waals surface area (Å²) in [7, 11) is -3.59. The van der Waals surface area contributed by atoms with Crippen LogP contribution in [0.4, 0.5) is 4.79 Å². The number of fused-ring (bicyclic) bond motifs is 1. The topological polar surface area (TPSA) is 114 Å². The SMILES string of the molecule is CC(C)(C)NC(=O)N1CCCCC1COc1cccc2c1C(N)=NS(=O)(=O)C2. The molecule has 3 rings (SSSR count). The zero-order chi connectivity index (χ0) is 20.5. The third-order valence-corrected chi connectivity index (χ3v) is 5.90. The molecule has 1 aromatic carbocycles. The first-order valence-electron chi connectivity index (χ1n) is 9.48. The number of rotatable bonds is 3. The molecule has 2 amide bonds. The molecule has 0 bridgehead atoms. The minimum Gasteiger partial charge on any atom is -0.491 e. The first-order valence-corrected chi connectivity index (χ1v) is 11.1. The summed E-state index contributed by atoms with van der Waals surface area (Å²) in [5, 5.41) is 3.01. The zero-order valence-corrected chi connectivity index (χ0v) is 17.4. The second-order valence-electron chi connectivity index (χ2n) is 8.33. The number of carbonyl (C=O) groups excluding carboxylic acids is 1. The molecular weight excluding hydrogens is 380 g/mol. The highest BCUT2D eigenvalue weighted by Crippen LogP contribution is 2.29. The Morgan fingerprint density at radius 3 is 2.82 bits per heavy atom. The molecule has 1 saturated heterocycles. The first kappa shape index (κ1) is 20.4. The maximum Gasteiger partial charge on any atom is 0.318 e. The van der Waals surface area contributed by atoms with Crippen LogP contribution in [0.25, 0.3) is 0 Å². The van der Waals surface area contributed by atoms with Gasteiger partial charge in [0.25, 0.3) is 10.0 Å². The lowest BCUT2D eigenvalue weighted by Gasteiger charge is -2.37. The van der Waals surface area contributed by atoms with Gasteiger partial charge in [0.2, 0.25) is 0 Å². The highest BCUT2D eigenvalue weighted by molar-refractivity contribution is 7.89. The van der Waals surface area contributed by atoms with Gasteiger partial charge in [0, 0.05) is 12.1 Å². The van der Waals surface area contributed by atoms with Gasteiger partial charge in [0.05, 0.1) is 17.4 Å². The molecule has 0 aliphatic carbocycles. The van der Waals surface area contributed by atoms with Gasteiger partial charge in [-0.2, -0.15) is 0 Å². The standard InChI is InChI=1S/C19H28N4O4S/c1-19(2,3)21-18(24)23-10-5-4-8-14(23)11-27-15-9-6-7-13-12-28(25,26)22-17(20)16(13)15/h6-7,9,14H,4-5,8,10-12H2,1-3H3,(H2,20,22)(H,21,24). The van der Waals surface area contributed by atoms with E-state index in [0.29, 0.717) is 30.0 Å². The Bertz CT molecular complexity index is 890. The Morgan fingerprint density at radius 2 is 2.11 bits per heavy atom. The van der Waals surface area contributed by atoms with Gasteiger partial charge in [-0.1, -0.05) is 12.1 Å². The van der Waals surface area contributed by atoms with Crippen molar-refractivity contribution < 1.29 is 17.9 Å². The van der Waals surface area contributed by atoms with Crippen molar-refractivity contribution in [2.75, 3.05) is 13.2 Å². The third-order valence-electron chi connectivity index (χ3n) is 4.75. The Labute approximate surface area is 166 Å². The highest BCUT2D eigenvalue weighted by atomic mass is 32.2. The van der Waals surface area contributed by atoms with Crippen molar-refractivity contribution in [2.45, 2.75) is 57.4 Å². The van der Waals surface area contributed by atoms with Gasteiger partial charge < -0.3 is 20.7 Å². The van der Waals surface area contributed by atoms with E-state index in [9.17, 15) is 13.2 Å². The van der Waals surface area contributed by atoms with Crippen molar-refractivity contribution in [3.8, 4) is 5.75 Å². The molecule has 0 radical (unpaired) electrons. The Balaban J connectivity index is 1.76. The number of amides is 2. The van der Waals surface area contributed by atoms with E-state index >= 15 is 0 Å². The van der Waals surface area contributed by atoms with Crippen molar-refractivity contribution in [2.24, 2.45) is 10.1 Å². The predicted octanol–water partition coefficient (Wildman–Crippen LogP) is 1.98.